The smallest absolute Gasteiger partial charge is 0.298 e. The number of hydrogen-bond donors (Lipinski definition) is 0. The first-order chi connectivity index (χ1) is 12.7. The number of likely N-dealkylation sites (tertiary alicyclic amines) is 1. The quantitative estimate of drug-likeness (QED) is 0.711. The molecule has 1 aliphatic heterocycles. The molecule has 1 atom stereocenters. The molecule has 3 rings (SSSR count). The highest BCUT2D eigenvalue weighted by Gasteiger charge is 2.31. The number of Topliss-reactive ketones (excluding diaryl/α,β-unsaturated/α-hetero) is 1. The molecule has 1 fully saturated rings. The van der Waals surface area contributed by atoms with Crippen molar-refractivity contribution >= 4 is 17.4 Å². The number of halogens is 4. The van der Waals surface area contributed by atoms with Crippen LogP contribution in [-0.2, 0) is 19.8 Å². The second-order valence-electron chi connectivity index (χ2n) is 6.99. The Balaban J connectivity index is 1.69. The zero-order chi connectivity index (χ0) is 19.8. The van der Waals surface area contributed by atoms with Crippen LogP contribution in [0.4, 0.5) is 13.2 Å². The lowest BCUT2D eigenvalue weighted by molar-refractivity contribution is -0.137. The molecule has 2 aromatic rings. The molecule has 0 N–H and O–H groups in total. The Morgan fingerprint density at radius 3 is 2.52 bits per heavy atom. The summed E-state index contributed by atoms with van der Waals surface area (Å²) in [7, 11) is 1.78. The van der Waals surface area contributed by atoms with Crippen molar-refractivity contribution in [2.45, 2.75) is 32.5 Å². The van der Waals surface area contributed by atoms with E-state index in [0.29, 0.717) is 23.8 Å². The van der Waals surface area contributed by atoms with Crippen LogP contribution in [0.3, 0.4) is 0 Å². The second kappa shape index (κ2) is 7.64. The van der Waals surface area contributed by atoms with Crippen LogP contribution in [0.5, 0.6) is 0 Å². The van der Waals surface area contributed by atoms with E-state index in [4.69, 9.17) is 11.6 Å². The number of benzene rings is 1. The number of nitrogens with zero attached hydrogens (tertiary/aromatic N) is 3. The maximum Gasteiger partial charge on any atom is 0.416 e. The molecule has 1 aromatic carbocycles. The minimum atomic E-state index is -4.40. The third kappa shape index (κ3) is 4.35. The first-order valence-electron chi connectivity index (χ1n) is 8.78. The van der Waals surface area contributed by atoms with Crippen LogP contribution in [0.2, 0.25) is 5.15 Å². The summed E-state index contributed by atoms with van der Waals surface area (Å²) in [6.45, 7) is 3.91. The number of piperidine rings is 1. The average molecular weight is 400 g/mol. The highest BCUT2D eigenvalue weighted by molar-refractivity contribution is 6.30. The van der Waals surface area contributed by atoms with Gasteiger partial charge in [0.2, 0.25) is 0 Å². The molecule has 0 bridgehead atoms. The van der Waals surface area contributed by atoms with Crippen LogP contribution in [0.1, 0.15) is 40.0 Å². The topological polar surface area (TPSA) is 38.1 Å². The van der Waals surface area contributed by atoms with Crippen molar-refractivity contribution in [3.63, 3.8) is 0 Å². The normalized spacial score (nSPS) is 18.7. The zero-order valence-electron chi connectivity index (χ0n) is 15.2. The Kier molecular flexibility index (Phi) is 5.63. The van der Waals surface area contributed by atoms with Crippen LogP contribution in [-0.4, -0.2) is 33.6 Å². The molecule has 0 saturated carbocycles. The molecular weight excluding hydrogens is 379 g/mol. The van der Waals surface area contributed by atoms with Gasteiger partial charge in [-0.3, -0.25) is 14.4 Å². The average Bonchev–Trinajstić information content (AvgIpc) is 2.87. The number of carbonyl (C=O) groups is 1. The summed E-state index contributed by atoms with van der Waals surface area (Å²) in [5.74, 6) is -0.339. The summed E-state index contributed by atoms with van der Waals surface area (Å²) in [4.78, 5) is 14.9. The predicted molar refractivity (Wildman–Crippen MR) is 96.7 cm³/mol. The van der Waals surface area contributed by atoms with Crippen molar-refractivity contribution in [2.24, 2.45) is 13.0 Å². The van der Waals surface area contributed by atoms with Gasteiger partial charge in [-0.25, -0.2) is 0 Å². The maximum atomic E-state index is 12.7. The first kappa shape index (κ1) is 19.9. The van der Waals surface area contributed by atoms with Crippen LogP contribution < -0.4 is 0 Å². The lowest BCUT2D eigenvalue weighted by Crippen LogP contribution is -2.38. The molecule has 2 heterocycles. The predicted octanol–water partition coefficient (Wildman–Crippen LogP) is 4.50. The summed E-state index contributed by atoms with van der Waals surface area (Å²) in [5.41, 5.74) is 1.39. The summed E-state index contributed by atoms with van der Waals surface area (Å²) < 4.78 is 39.7. The number of hydrogen-bond acceptors (Lipinski definition) is 3. The molecule has 0 aliphatic carbocycles. The van der Waals surface area contributed by atoms with Crippen LogP contribution in [0.25, 0.3) is 0 Å². The van der Waals surface area contributed by atoms with Gasteiger partial charge in [-0.05, 0) is 38.4 Å². The molecule has 1 aliphatic rings. The van der Waals surface area contributed by atoms with Gasteiger partial charge in [0.25, 0.3) is 0 Å². The molecule has 1 saturated heterocycles. The number of alkyl halides is 3. The van der Waals surface area contributed by atoms with Gasteiger partial charge in [-0.15, -0.1) is 0 Å². The van der Waals surface area contributed by atoms with Gasteiger partial charge in [-0.2, -0.15) is 18.3 Å². The van der Waals surface area contributed by atoms with E-state index in [1.165, 1.54) is 12.1 Å². The van der Waals surface area contributed by atoms with E-state index in [0.717, 1.165) is 42.8 Å². The molecular formula is C19H21ClF3N3O. The Bertz CT molecular complexity index is 830. The molecule has 1 aromatic heterocycles. The third-order valence-corrected chi connectivity index (χ3v) is 5.50. The number of aromatic nitrogens is 2. The van der Waals surface area contributed by atoms with Gasteiger partial charge in [0.15, 0.2) is 5.78 Å². The van der Waals surface area contributed by atoms with E-state index < -0.39 is 11.7 Å². The number of ketones is 1. The molecule has 8 heteroatoms. The summed E-state index contributed by atoms with van der Waals surface area (Å²) >= 11 is 6.29. The molecule has 146 valence electrons. The second-order valence-corrected chi connectivity index (χ2v) is 7.35. The van der Waals surface area contributed by atoms with E-state index >= 15 is 0 Å². The summed E-state index contributed by atoms with van der Waals surface area (Å²) in [6.07, 6.45) is -2.81. The van der Waals surface area contributed by atoms with E-state index in [9.17, 15) is 18.0 Å². The molecule has 0 radical (unpaired) electrons. The highest BCUT2D eigenvalue weighted by atomic mass is 35.5. The Labute approximate surface area is 160 Å². The standard InChI is InChI=1S/C19H21ClF3N3O/c1-12-16(18(20)25(2)24-12)11-26-9-3-4-14(10-26)17(27)13-5-7-15(8-6-13)19(21,22)23/h5-8,14H,3-4,9-11H2,1-2H3/t14-/m1/s1. The van der Waals surface area contributed by atoms with E-state index in [1.54, 1.807) is 11.7 Å². The monoisotopic (exact) mass is 399 g/mol. The van der Waals surface area contributed by atoms with Crippen molar-refractivity contribution in [3.8, 4) is 0 Å². The van der Waals surface area contributed by atoms with Crippen molar-refractivity contribution < 1.29 is 18.0 Å². The fraction of sp³-hybridized carbons (Fsp3) is 0.474. The number of aryl methyl sites for hydroxylation is 2. The van der Waals surface area contributed by atoms with Gasteiger partial charge >= 0.3 is 6.18 Å². The molecule has 0 unspecified atom stereocenters. The third-order valence-electron chi connectivity index (χ3n) is 5.02. The van der Waals surface area contributed by atoms with Gasteiger partial charge in [0, 0.05) is 37.2 Å². The van der Waals surface area contributed by atoms with Crippen LogP contribution in [0.15, 0.2) is 24.3 Å². The number of rotatable bonds is 4. The number of carbonyl (C=O) groups excluding carboxylic acids is 1. The lowest BCUT2D eigenvalue weighted by atomic mass is 9.89. The van der Waals surface area contributed by atoms with Crippen molar-refractivity contribution in [1.82, 2.24) is 14.7 Å². The van der Waals surface area contributed by atoms with Gasteiger partial charge in [-0.1, -0.05) is 23.7 Å². The minimum absolute atomic E-state index is 0.109. The molecule has 0 spiro atoms. The van der Waals surface area contributed by atoms with Crippen molar-refractivity contribution in [2.75, 3.05) is 13.1 Å². The largest absolute Gasteiger partial charge is 0.416 e. The molecule has 4 nitrogen and oxygen atoms in total. The molecule has 27 heavy (non-hydrogen) atoms. The highest BCUT2D eigenvalue weighted by Crippen LogP contribution is 2.30. The van der Waals surface area contributed by atoms with Crippen LogP contribution >= 0.6 is 11.6 Å². The van der Waals surface area contributed by atoms with Crippen LogP contribution in [0, 0.1) is 12.8 Å². The minimum Gasteiger partial charge on any atom is -0.298 e. The van der Waals surface area contributed by atoms with E-state index in [-0.39, 0.29) is 11.7 Å². The van der Waals surface area contributed by atoms with Gasteiger partial charge < -0.3 is 0 Å². The fourth-order valence-electron chi connectivity index (χ4n) is 3.55. The van der Waals surface area contributed by atoms with Crippen molar-refractivity contribution in [3.05, 3.63) is 51.8 Å². The molecule has 0 amide bonds. The first-order valence-corrected chi connectivity index (χ1v) is 9.16. The summed E-state index contributed by atoms with van der Waals surface area (Å²) in [5, 5.41) is 4.89. The summed E-state index contributed by atoms with van der Waals surface area (Å²) in [6, 6.07) is 4.47. The Hall–Kier alpha value is -1.86. The van der Waals surface area contributed by atoms with E-state index in [1.807, 2.05) is 6.92 Å². The Morgan fingerprint density at radius 1 is 1.30 bits per heavy atom. The zero-order valence-corrected chi connectivity index (χ0v) is 15.9. The fourth-order valence-corrected chi connectivity index (χ4v) is 3.78. The van der Waals surface area contributed by atoms with Crippen molar-refractivity contribution in [1.29, 1.82) is 0 Å². The Morgan fingerprint density at radius 2 is 1.96 bits per heavy atom. The maximum absolute atomic E-state index is 12.7. The van der Waals surface area contributed by atoms with Gasteiger partial charge in [0.1, 0.15) is 5.15 Å². The van der Waals surface area contributed by atoms with E-state index in [2.05, 4.69) is 10.00 Å². The van der Waals surface area contributed by atoms with Gasteiger partial charge in [0.05, 0.1) is 11.3 Å². The lowest BCUT2D eigenvalue weighted by Gasteiger charge is -2.32. The SMILES string of the molecule is Cc1nn(C)c(Cl)c1CN1CCC[C@@H](C(=O)c2ccc(C(F)(F)F)cc2)C1.